The van der Waals surface area contributed by atoms with Crippen molar-refractivity contribution in [1.82, 2.24) is 5.32 Å². The van der Waals surface area contributed by atoms with Crippen LogP contribution in [0.2, 0.25) is 0 Å². The predicted octanol–water partition coefficient (Wildman–Crippen LogP) is 4.70. The summed E-state index contributed by atoms with van der Waals surface area (Å²) in [6.45, 7) is 13.5. The van der Waals surface area contributed by atoms with Gasteiger partial charge in [0, 0.05) is 0 Å². The van der Waals surface area contributed by atoms with Crippen LogP contribution < -0.4 is 14.4 Å². The Bertz CT molecular complexity index is 1080. The molecule has 0 unspecified atom stereocenters. The van der Waals surface area contributed by atoms with Crippen molar-refractivity contribution in [2.24, 2.45) is 0 Å². The molecule has 176 valence electrons. The van der Waals surface area contributed by atoms with Crippen LogP contribution in [0.15, 0.2) is 24.3 Å². The summed E-state index contributed by atoms with van der Waals surface area (Å²) in [5.74, 6) is 0.734. The second-order valence-corrected chi connectivity index (χ2v) is 10.8. The summed E-state index contributed by atoms with van der Waals surface area (Å²) < 4.78 is 31.9. The number of hydrogen-bond acceptors (Lipinski definition) is 4. The van der Waals surface area contributed by atoms with Gasteiger partial charge in [-0.25, -0.2) is 8.42 Å². The lowest BCUT2D eigenvalue weighted by atomic mass is 9.93. The van der Waals surface area contributed by atoms with Crippen LogP contribution in [-0.2, 0) is 14.8 Å². The molecule has 32 heavy (non-hydrogen) atoms. The second kappa shape index (κ2) is 9.94. The van der Waals surface area contributed by atoms with Crippen LogP contribution in [0.5, 0.6) is 5.75 Å². The molecule has 0 aliphatic carbocycles. The standard InChI is InChI=1S/C25H36N2O4S/c1-15(2)21-13-22(17(4)12-23(21)31-8)20(7)26-24(28)14-27(32(9,29)30)25-18(5)10-16(3)11-19(25)6/h10-13,15,20H,14H2,1-9H3,(H,26,28)/t20-/m0/s1. The van der Waals surface area contributed by atoms with E-state index in [4.69, 9.17) is 4.74 Å². The van der Waals surface area contributed by atoms with Crippen molar-refractivity contribution in [2.45, 2.75) is 60.4 Å². The van der Waals surface area contributed by atoms with Crippen molar-refractivity contribution in [3.8, 4) is 5.75 Å². The first-order valence-corrected chi connectivity index (χ1v) is 12.6. The van der Waals surface area contributed by atoms with E-state index in [0.29, 0.717) is 5.69 Å². The van der Waals surface area contributed by atoms with E-state index in [1.165, 1.54) is 4.31 Å². The third-order valence-electron chi connectivity index (χ3n) is 5.66. The fourth-order valence-electron chi connectivity index (χ4n) is 4.23. The average molecular weight is 461 g/mol. The highest BCUT2D eigenvalue weighted by Gasteiger charge is 2.25. The summed E-state index contributed by atoms with van der Waals surface area (Å²) in [5, 5.41) is 2.98. The van der Waals surface area contributed by atoms with Gasteiger partial charge in [-0.2, -0.15) is 0 Å². The number of aryl methyl sites for hydroxylation is 4. The number of methoxy groups -OCH3 is 1. The first-order chi connectivity index (χ1) is 14.8. The summed E-state index contributed by atoms with van der Waals surface area (Å²) in [4.78, 5) is 13.0. The van der Waals surface area contributed by atoms with E-state index in [1.54, 1.807) is 7.11 Å². The Balaban J connectivity index is 2.33. The molecule has 0 saturated carbocycles. The van der Waals surface area contributed by atoms with E-state index in [-0.39, 0.29) is 24.4 Å². The van der Waals surface area contributed by atoms with Crippen molar-refractivity contribution in [2.75, 3.05) is 24.2 Å². The molecule has 0 heterocycles. The van der Waals surface area contributed by atoms with E-state index >= 15 is 0 Å². The maximum absolute atomic E-state index is 13.0. The van der Waals surface area contributed by atoms with E-state index < -0.39 is 10.0 Å². The molecular formula is C25H36N2O4S. The number of amides is 1. The van der Waals surface area contributed by atoms with Crippen molar-refractivity contribution in [1.29, 1.82) is 0 Å². The Labute approximate surface area is 193 Å². The van der Waals surface area contributed by atoms with Crippen molar-refractivity contribution in [3.05, 3.63) is 57.6 Å². The van der Waals surface area contributed by atoms with Crippen LogP contribution >= 0.6 is 0 Å². The minimum absolute atomic E-state index is 0.264. The SMILES string of the molecule is COc1cc(C)c([C@H](C)NC(=O)CN(c2c(C)cc(C)cc2C)S(C)(=O)=O)cc1C(C)C. The summed E-state index contributed by atoms with van der Waals surface area (Å²) in [5.41, 5.74) is 6.30. The quantitative estimate of drug-likeness (QED) is 0.620. The third-order valence-corrected chi connectivity index (χ3v) is 6.77. The van der Waals surface area contributed by atoms with Gasteiger partial charge in [-0.3, -0.25) is 9.10 Å². The van der Waals surface area contributed by atoms with Gasteiger partial charge in [0.1, 0.15) is 12.3 Å². The number of benzene rings is 2. The molecule has 2 aromatic rings. The van der Waals surface area contributed by atoms with Crippen molar-refractivity contribution in [3.63, 3.8) is 0 Å². The molecule has 0 aliphatic rings. The van der Waals surface area contributed by atoms with Crippen molar-refractivity contribution >= 4 is 21.6 Å². The molecule has 2 aromatic carbocycles. The van der Waals surface area contributed by atoms with Crippen LogP contribution in [0, 0.1) is 27.7 Å². The zero-order chi connectivity index (χ0) is 24.4. The molecule has 7 heteroatoms. The largest absolute Gasteiger partial charge is 0.496 e. The molecule has 1 amide bonds. The van der Waals surface area contributed by atoms with Crippen LogP contribution in [0.25, 0.3) is 0 Å². The van der Waals surface area contributed by atoms with Gasteiger partial charge in [0.25, 0.3) is 0 Å². The number of nitrogens with one attached hydrogen (secondary N) is 1. The molecule has 0 saturated heterocycles. The Hall–Kier alpha value is -2.54. The summed E-state index contributed by atoms with van der Waals surface area (Å²) in [6, 6.07) is 7.61. The van der Waals surface area contributed by atoms with E-state index in [1.807, 2.05) is 52.8 Å². The molecule has 0 aliphatic heterocycles. The zero-order valence-electron chi connectivity index (χ0n) is 20.7. The fraction of sp³-hybridized carbons (Fsp3) is 0.480. The normalized spacial score (nSPS) is 12.6. The number of nitrogens with zero attached hydrogens (tertiary/aromatic N) is 1. The maximum atomic E-state index is 13.0. The van der Waals surface area contributed by atoms with Gasteiger partial charge in [-0.05, 0) is 80.5 Å². The average Bonchev–Trinajstić information content (AvgIpc) is 2.64. The number of sulfonamides is 1. The fourth-order valence-corrected chi connectivity index (χ4v) is 5.20. The van der Waals surface area contributed by atoms with Gasteiger partial charge < -0.3 is 10.1 Å². The summed E-state index contributed by atoms with van der Waals surface area (Å²) >= 11 is 0. The van der Waals surface area contributed by atoms with Crippen molar-refractivity contribution < 1.29 is 17.9 Å². The lowest BCUT2D eigenvalue weighted by Crippen LogP contribution is -2.41. The zero-order valence-corrected chi connectivity index (χ0v) is 21.5. The molecular weight excluding hydrogens is 424 g/mol. The molecule has 6 nitrogen and oxygen atoms in total. The smallest absolute Gasteiger partial charge is 0.241 e. The van der Waals surface area contributed by atoms with Gasteiger partial charge in [-0.1, -0.05) is 31.5 Å². The molecule has 1 atom stereocenters. The highest BCUT2D eigenvalue weighted by Crippen LogP contribution is 2.32. The van der Waals surface area contributed by atoms with E-state index in [2.05, 4.69) is 25.2 Å². The molecule has 1 N–H and O–H groups in total. The van der Waals surface area contributed by atoms with Gasteiger partial charge >= 0.3 is 0 Å². The number of ether oxygens (including phenoxy) is 1. The molecule has 2 rings (SSSR count). The molecule has 0 bridgehead atoms. The van der Waals surface area contributed by atoms with Crippen LogP contribution in [0.4, 0.5) is 5.69 Å². The number of carbonyl (C=O) groups is 1. The van der Waals surface area contributed by atoms with Gasteiger partial charge in [0.2, 0.25) is 15.9 Å². The minimum atomic E-state index is -3.65. The number of carbonyl (C=O) groups excluding carboxylic acids is 1. The van der Waals surface area contributed by atoms with Crippen LogP contribution in [-0.4, -0.2) is 34.2 Å². The lowest BCUT2D eigenvalue weighted by Gasteiger charge is -2.27. The van der Waals surface area contributed by atoms with Crippen LogP contribution in [0.1, 0.15) is 66.1 Å². The first kappa shape index (κ1) is 25.7. The highest BCUT2D eigenvalue weighted by molar-refractivity contribution is 7.92. The summed E-state index contributed by atoms with van der Waals surface area (Å²) in [6.07, 6.45) is 1.13. The Morgan fingerprint density at radius 2 is 1.53 bits per heavy atom. The minimum Gasteiger partial charge on any atom is -0.496 e. The maximum Gasteiger partial charge on any atom is 0.241 e. The lowest BCUT2D eigenvalue weighted by molar-refractivity contribution is -0.120. The molecule has 0 fully saturated rings. The van der Waals surface area contributed by atoms with E-state index in [0.717, 1.165) is 45.4 Å². The number of rotatable bonds is 8. The summed E-state index contributed by atoms with van der Waals surface area (Å²) in [7, 11) is -2.00. The Morgan fingerprint density at radius 1 is 0.969 bits per heavy atom. The predicted molar refractivity (Wildman–Crippen MR) is 131 cm³/mol. The topological polar surface area (TPSA) is 75.7 Å². The number of anilines is 1. The number of hydrogen-bond donors (Lipinski definition) is 1. The first-order valence-electron chi connectivity index (χ1n) is 10.8. The Kier molecular flexibility index (Phi) is 7.99. The molecule has 0 radical (unpaired) electrons. The monoisotopic (exact) mass is 460 g/mol. The second-order valence-electron chi connectivity index (χ2n) is 8.91. The third kappa shape index (κ3) is 5.82. The van der Waals surface area contributed by atoms with Gasteiger partial charge in [0.15, 0.2) is 0 Å². The van der Waals surface area contributed by atoms with Gasteiger partial charge in [0.05, 0.1) is 25.1 Å². The molecule has 0 aromatic heterocycles. The van der Waals surface area contributed by atoms with E-state index in [9.17, 15) is 13.2 Å². The van der Waals surface area contributed by atoms with Crippen LogP contribution in [0.3, 0.4) is 0 Å². The Morgan fingerprint density at radius 3 is 2.00 bits per heavy atom. The molecule has 0 spiro atoms. The van der Waals surface area contributed by atoms with Gasteiger partial charge in [-0.15, -0.1) is 0 Å². The highest BCUT2D eigenvalue weighted by atomic mass is 32.2.